The smallest absolute Gasteiger partial charge is 0.225 e. The molecule has 0 spiro atoms. The molecule has 0 radical (unpaired) electrons. The van der Waals surface area contributed by atoms with E-state index in [0.717, 1.165) is 32.1 Å². The van der Waals surface area contributed by atoms with Crippen LogP contribution in [0.1, 0.15) is 25.7 Å². The van der Waals surface area contributed by atoms with Gasteiger partial charge in [0.15, 0.2) is 0 Å². The van der Waals surface area contributed by atoms with Crippen molar-refractivity contribution in [3.63, 3.8) is 0 Å². The van der Waals surface area contributed by atoms with Crippen LogP contribution in [0.15, 0.2) is 0 Å². The number of piperazine rings is 1. The molecule has 3 rings (SSSR count). The summed E-state index contributed by atoms with van der Waals surface area (Å²) in [6.45, 7) is 5.16. The lowest BCUT2D eigenvalue weighted by Crippen LogP contribution is -2.50. The molecule has 3 amide bonds. The molecule has 0 N–H and O–H groups in total. The first-order valence-corrected chi connectivity index (χ1v) is 9.03. The Morgan fingerprint density at radius 1 is 0.750 bits per heavy atom. The fourth-order valence-electron chi connectivity index (χ4n) is 3.94. The van der Waals surface area contributed by atoms with Gasteiger partial charge in [-0.15, -0.1) is 0 Å². The fourth-order valence-corrected chi connectivity index (χ4v) is 3.94. The lowest BCUT2D eigenvalue weighted by atomic mass is 9.80. The van der Waals surface area contributed by atoms with E-state index < -0.39 is 0 Å². The molecular weight excluding hydrogens is 310 g/mol. The second kappa shape index (κ2) is 7.96. The van der Waals surface area contributed by atoms with Crippen LogP contribution >= 0.6 is 0 Å². The van der Waals surface area contributed by atoms with Crippen LogP contribution in [0.5, 0.6) is 0 Å². The van der Waals surface area contributed by atoms with E-state index in [9.17, 15) is 14.4 Å². The first-order valence-electron chi connectivity index (χ1n) is 9.03. The van der Waals surface area contributed by atoms with Gasteiger partial charge in [-0.2, -0.15) is 0 Å². The van der Waals surface area contributed by atoms with Crippen molar-refractivity contribution in [2.45, 2.75) is 25.7 Å². The van der Waals surface area contributed by atoms with Crippen molar-refractivity contribution in [2.75, 3.05) is 52.5 Å². The molecule has 3 fully saturated rings. The Bertz CT molecular complexity index is 462. The Morgan fingerprint density at radius 3 is 1.67 bits per heavy atom. The molecule has 2 aliphatic heterocycles. The molecule has 24 heavy (non-hydrogen) atoms. The summed E-state index contributed by atoms with van der Waals surface area (Å²) in [5.41, 5.74) is 0. The average Bonchev–Trinajstić information content (AvgIpc) is 2.68. The average molecular weight is 337 g/mol. The zero-order valence-corrected chi connectivity index (χ0v) is 14.2. The van der Waals surface area contributed by atoms with Gasteiger partial charge in [0.25, 0.3) is 0 Å². The van der Waals surface area contributed by atoms with Gasteiger partial charge in [-0.1, -0.05) is 0 Å². The van der Waals surface area contributed by atoms with Crippen LogP contribution in [0.2, 0.25) is 0 Å². The number of rotatable bonds is 3. The number of ether oxygens (including phenoxy) is 1. The third-order valence-electron chi connectivity index (χ3n) is 5.52. The molecule has 2 saturated heterocycles. The van der Waals surface area contributed by atoms with Gasteiger partial charge >= 0.3 is 0 Å². The molecule has 1 saturated carbocycles. The summed E-state index contributed by atoms with van der Waals surface area (Å²) in [6.07, 6.45) is 4.06. The number of hydrogen-bond donors (Lipinski definition) is 0. The normalized spacial score (nSPS) is 28.6. The van der Waals surface area contributed by atoms with Crippen molar-refractivity contribution in [3.8, 4) is 0 Å². The summed E-state index contributed by atoms with van der Waals surface area (Å²) >= 11 is 0. The standard InChI is InChI=1S/C17H27N3O4/c21-13-18-5-7-19(8-6-18)16(22)14-1-3-15(4-2-14)17(23)20-9-11-24-12-10-20/h13-15H,1-12H2. The Morgan fingerprint density at radius 2 is 1.21 bits per heavy atom. The predicted molar refractivity (Wildman–Crippen MR) is 87.1 cm³/mol. The molecule has 0 aromatic carbocycles. The molecule has 7 nitrogen and oxygen atoms in total. The molecule has 134 valence electrons. The van der Waals surface area contributed by atoms with Crippen LogP contribution in [0.25, 0.3) is 0 Å². The minimum Gasteiger partial charge on any atom is -0.378 e. The minimum absolute atomic E-state index is 0.0431. The molecule has 0 atom stereocenters. The Labute approximate surface area is 142 Å². The van der Waals surface area contributed by atoms with E-state index in [4.69, 9.17) is 4.74 Å². The molecule has 3 aliphatic rings. The van der Waals surface area contributed by atoms with Crippen LogP contribution in [0.4, 0.5) is 0 Å². The van der Waals surface area contributed by atoms with Gasteiger partial charge < -0.3 is 19.4 Å². The highest BCUT2D eigenvalue weighted by Crippen LogP contribution is 2.31. The zero-order valence-electron chi connectivity index (χ0n) is 14.2. The summed E-state index contributed by atoms with van der Waals surface area (Å²) in [5.74, 6) is 0.558. The summed E-state index contributed by atoms with van der Waals surface area (Å²) in [6, 6.07) is 0. The van der Waals surface area contributed by atoms with Crippen LogP contribution in [0.3, 0.4) is 0 Å². The fraction of sp³-hybridized carbons (Fsp3) is 0.824. The van der Waals surface area contributed by atoms with E-state index in [1.807, 2.05) is 9.80 Å². The van der Waals surface area contributed by atoms with Crippen molar-refractivity contribution in [1.29, 1.82) is 0 Å². The largest absolute Gasteiger partial charge is 0.378 e. The van der Waals surface area contributed by atoms with Crippen LogP contribution in [0, 0.1) is 11.8 Å². The van der Waals surface area contributed by atoms with Crippen molar-refractivity contribution in [2.24, 2.45) is 11.8 Å². The van der Waals surface area contributed by atoms with E-state index >= 15 is 0 Å². The molecule has 1 aliphatic carbocycles. The van der Waals surface area contributed by atoms with E-state index in [-0.39, 0.29) is 23.7 Å². The van der Waals surface area contributed by atoms with Crippen molar-refractivity contribution < 1.29 is 19.1 Å². The highest BCUT2D eigenvalue weighted by atomic mass is 16.5. The summed E-state index contributed by atoms with van der Waals surface area (Å²) in [7, 11) is 0. The first kappa shape index (κ1) is 17.2. The summed E-state index contributed by atoms with van der Waals surface area (Å²) in [4.78, 5) is 41.4. The maximum atomic E-state index is 12.6. The first-order chi connectivity index (χ1) is 11.7. The monoisotopic (exact) mass is 337 g/mol. The zero-order chi connectivity index (χ0) is 16.9. The number of carbonyl (C=O) groups excluding carboxylic acids is 3. The Hall–Kier alpha value is -1.63. The number of nitrogens with zero attached hydrogens (tertiary/aromatic N) is 3. The lowest BCUT2D eigenvalue weighted by molar-refractivity contribution is -0.144. The summed E-state index contributed by atoms with van der Waals surface area (Å²) < 4.78 is 5.30. The van der Waals surface area contributed by atoms with Gasteiger partial charge in [0, 0.05) is 51.1 Å². The Kier molecular flexibility index (Phi) is 5.71. The van der Waals surface area contributed by atoms with Crippen molar-refractivity contribution >= 4 is 18.2 Å². The van der Waals surface area contributed by atoms with Gasteiger partial charge in [0.05, 0.1) is 13.2 Å². The van der Waals surface area contributed by atoms with Crippen LogP contribution < -0.4 is 0 Å². The summed E-state index contributed by atoms with van der Waals surface area (Å²) in [5, 5.41) is 0. The number of carbonyl (C=O) groups is 3. The highest BCUT2D eigenvalue weighted by Gasteiger charge is 2.34. The van der Waals surface area contributed by atoms with Gasteiger partial charge in [-0.3, -0.25) is 14.4 Å². The second-order valence-electron chi connectivity index (χ2n) is 6.95. The molecular formula is C17H27N3O4. The molecule has 0 unspecified atom stereocenters. The molecule has 0 aromatic heterocycles. The Balaban J connectivity index is 1.45. The highest BCUT2D eigenvalue weighted by molar-refractivity contribution is 5.81. The van der Waals surface area contributed by atoms with Gasteiger partial charge in [0.2, 0.25) is 18.2 Å². The molecule has 2 heterocycles. The number of amides is 3. The van der Waals surface area contributed by atoms with E-state index in [0.29, 0.717) is 52.5 Å². The van der Waals surface area contributed by atoms with Gasteiger partial charge in [-0.25, -0.2) is 0 Å². The number of hydrogen-bond acceptors (Lipinski definition) is 4. The topological polar surface area (TPSA) is 70.2 Å². The maximum Gasteiger partial charge on any atom is 0.225 e. The van der Waals surface area contributed by atoms with E-state index in [1.165, 1.54) is 0 Å². The van der Waals surface area contributed by atoms with E-state index in [1.54, 1.807) is 4.90 Å². The van der Waals surface area contributed by atoms with Gasteiger partial charge in [0.1, 0.15) is 0 Å². The maximum absolute atomic E-state index is 12.6. The minimum atomic E-state index is 0.0431. The SMILES string of the molecule is O=CN1CCN(C(=O)C2CCC(C(=O)N3CCOCC3)CC2)CC1. The van der Waals surface area contributed by atoms with E-state index in [2.05, 4.69) is 0 Å². The van der Waals surface area contributed by atoms with Crippen LogP contribution in [-0.4, -0.2) is 85.4 Å². The lowest BCUT2D eigenvalue weighted by Gasteiger charge is -2.37. The second-order valence-corrected chi connectivity index (χ2v) is 6.95. The van der Waals surface area contributed by atoms with Gasteiger partial charge in [-0.05, 0) is 25.7 Å². The van der Waals surface area contributed by atoms with Crippen LogP contribution in [-0.2, 0) is 19.1 Å². The van der Waals surface area contributed by atoms with Crippen molar-refractivity contribution in [3.05, 3.63) is 0 Å². The molecule has 0 aromatic rings. The molecule has 0 bridgehead atoms. The number of morpholine rings is 1. The molecule has 7 heteroatoms. The quantitative estimate of drug-likeness (QED) is 0.677. The predicted octanol–water partition coefficient (Wildman–Crippen LogP) is -0.0478. The third kappa shape index (κ3) is 3.88. The third-order valence-corrected chi connectivity index (χ3v) is 5.52. The van der Waals surface area contributed by atoms with Crippen molar-refractivity contribution in [1.82, 2.24) is 14.7 Å².